The molecule has 0 spiro atoms. The summed E-state index contributed by atoms with van der Waals surface area (Å²) in [6.07, 6.45) is 0.950. The van der Waals surface area contributed by atoms with Crippen LogP contribution in [0.4, 0.5) is 8.78 Å². The van der Waals surface area contributed by atoms with Gasteiger partial charge in [-0.25, -0.2) is 0 Å². The standard InChI is InChI=1S/C17H18F2N2O2S/c18-17(19)23-13-3-1-12(2-4-13)14-5-6-15(24-14)16(22)21-8-7-11(9-20)10-21/h1-6,11,17H,7-10,20H2. The van der Waals surface area contributed by atoms with Crippen LogP contribution in [-0.2, 0) is 0 Å². The number of nitrogens with two attached hydrogens (primary N) is 1. The van der Waals surface area contributed by atoms with Gasteiger partial charge in [-0.2, -0.15) is 8.78 Å². The van der Waals surface area contributed by atoms with E-state index in [2.05, 4.69) is 4.74 Å². The number of hydrogen-bond acceptors (Lipinski definition) is 4. The molecule has 1 aliphatic heterocycles. The summed E-state index contributed by atoms with van der Waals surface area (Å²) < 4.78 is 28.7. The number of amides is 1. The van der Waals surface area contributed by atoms with E-state index >= 15 is 0 Å². The summed E-state index contributed by atoms with van der Waals surface area (Å²) in [4.78, 5) is 16.0. The van der Waals surface area contributed by atoms with Gasteiger partial charge in [0.1, 0.15) is 5.75 Å². The van der Waals surface area contributed by atoms with Gasteiger partial charge in [-0.15, -0.1) is 11.3 Å². The Balaban J connectivity index is 1.70. The van der Waals surface area contributed by atoms with Crippen LogP contribution in [-0.4, -0.2) is 37.1 Å². The Bertz CT molecular complexity index is 703. The molecule has 1 saturated heterocycles. The number of alkyl halides is 2. The van der Waals surface area contributed by atoms with Crippen molar-refractivity contribution in [2.45, 2.75) is 13.0 Å². The Morgan fingerprint density at radius 2 is 2.04 bits per heavy atom. The molecular weight excluding hydrogens is 334 g/mol. The first-order valence-corrected chi connectivity index (χ1v) is 8.53. The van der Waals surface area contributed by atoms with Gasteiger partial charge < -0.3 is 15.4 Å². The molecule has 1 atom stereocenters. The molecule has 2 N–H and O–H groups in total. The number of thiophene rings is 1. The van der Waals surface area contributed by atoms with Crippen LogP contribution in [0.15, 0.2) is 36.4 Å². The molecule has 2 aromatic rings. The van der Waals surface area contributed by atoms with Crippen molar-refractivity contribution < 1.29 is 18.3 Å². The minimum Gasteiger partial charge on any atom is -0.435 e. The van der Waals surface area contributed by atoms with Crippen molar-refractivity contribution in [3.8, 4) is 16.2 Å². The summed E-state index contributed by atoms with van der Waals surface area (Å²) in [6, 6.07) is 10.1. The number of benzene rings is 1. The molecule has 2 heterocycles. The zero-order valence-electron chi connectivity index (χ0n) is 13.0. The third kappa shape index (κ3) is 3.73. The van der Waals surface area contributed by atoms with Gasteiger partial charge in [0, 0.05) is 18.0 Å². The lowest BCUT2D eigenvalue weighted by atomic mass is 10.1. The minimum atomic E-state index is -2.83. The second-order valence-corrected chi connectivity index (χ2v) is 6.79. The molecule has 7 heteroatoms. The summed E-state index contributed by atoms with van der Waals surface area (Å²) in [5.41, 5.74) is 6.53. The first kappa shape index (κ1) is 16.9. The summed E-state index contributed by atoms with van der Waals surface area (Å²) in [7, 11) is 0. The van der Waals surface area contributed by atoms with E-state index in [-0.39, 0.29) is 11.7 Å². The van der Waals surface area contributed by atoms with Gasteiger partial charge in [0.25, 0.3) is 5.91 Å². The second-order valence-electron chi connectivity index (χ2n) is 5.71. The molecule has 0 bridgehead atoms. The number of ether oxygens (including phenoxy) is 1. The third-order valence-electron chi connectivity index (χ3n) is 4.09. The third-order valence-corrected chi connectivity index (χ3v) is 5.21. The maximum absolute atomic E-state index is 12.5. The van der Waals surface area contributed by atoms with Gasteiger partial charge in [-0.3, -0.25) is 4.79 Å². The zero-order valence-corrected chi connectivity index (χ0v) is 13.8. The predicted octanol–water partition coefficient (Wildman–Crippen LogP) is 3.44. The average molecular weight is 352 g/mol. The molecule has 3 rings (SSSR count). The van der Waals surface area contributed by atoms with E-state index in [9.17, 15) is 13.6 Å². The van der Waals surface area contributed by atoms with E-state index in [1.165, 1.54) is 23.5 Å². The monoisotopic (exact) mass is 352 g/mol. The number of likely N-dealkylation sites (tertiary alicyclic amines) is 1. The summed E-state index contributed by atoms with van der Waals surface area (Å²) >= 11 is 1.40. The molecule has 1 amide bonds. The number of halogens is 2. The molecule has 1 aromatic carbocycles. The summed E-state index contributed by atoms with van der Waals surface area (Å²) in [5.74, 6) is 0.530. The number of rotatable bonds is 5. The lowest BCUT2D eigenvalue weighted by molar-refractivity contribution is -0.0498. The number of nitrogens with zero attached hydrogens (tertiary/aromatic N) is 1. The van der Waals surface area contributed by atoms with E-state index in [0.29, 0.717) is 23.9 Å². The number of carbonyl (C=O) groups excluding carboxylic acids is 1. The van der Waals surface area contributed by atoms with Crippen molar-refractivity contribution in [2.24, 2.45) is 11.7 Å². The molecule has 0 aliphatic carbocycles. The van der Waals surface area contributed by atoms with Crippen molar-refractivity contribution in [1.82, 2.24) is 4.90 Å². The van der Waals surface area contributed by atoms with Crippen molar-refractivity contribution >= 4 is 17.2 Å². The maximum atomic E-state index is 12.5. The van der Waals surface area contributed by atoms with E-state index in [0.717, 1.165) is 23.4 Å². The van der Waals surface area contributed by atoms with Crippen LogP contribution < -0.4 is 10.5 Å². The largest absolute Gasteiger partial charge is 0.435 e. The first-order chi connectivity index (χ1) is 11.6. The molecule has 1 fully saturated rings. The topological polar surface area (TPSA) is 55.6 Å². The molecule has 1 aliphatic rings. The van der Waals surface area contributed by atoms with E-state index in [1.807, 2.05) is 17.0 Å². The minimum absolute atomic E-state index is 0.0276. The van der Waals surface area contributed by atoms with Gasteiger partial charge in [0.15, 0.2) is 0 Å². The van der Waals surface area contributed by atoms with Crippen molar-refractivity contribution in [1.29, 1.82) is 0 Å². The second kappa shape index (κ2) is 7.27. The SMILES string of the molecule is NCC1CCN(C(=O)c2ccc(-c3ccc(OC(F)F)cc3)s2)C1. The van der Waals surface area contributed by atoms with Crippen LogP contribution in [0.2, 0.25) is 0 Å². The van der Waals surface area contributed by atoms with Crippen molar-refractivity contribution in [3.63, 3.8) is 0 Å². The highest BCUT2D eigenvalue weighted by Gasteiger charge is 2.26. The fourth-order valence-corrected chi connectivity index (χ4v) is 3.75. The molecule has 0 saturated carbocycles. The lowest BCUT2D eigenvalue weighted by Crippen LogP contribution is -2.29. The van der Waals surface area contributed by atoms with Crippen LogP contribution in [0.1, 0.15) is 16.1 Å². The lowest BCUT2D eigenvalue weighted by Gasteiger charge is -2.14. The van der Waals surface area contributed by atoms with E-state index < -0.39 is 6.61 Å². The smallest absolute Gasteiger partial charge is 0.387 e. The maximum Gasteiger partial charge on any atom is 0.387 e. The Morgan fingerprint density at radius 3 is 2.67 bits per heavy atom. The van der Waals surface area contributed by atoms with E-state index in [1.54, 1.807) is 12.1 Å². The van der Waals surface area contributed by atoms with Crippen LogP contribution in [0.25, 0.3) is 10.4 Å². The van der Waals surface area contributed by atoms with Gasteiger partial charge in [-0.1, -0.05) is 0 Å². The quantitative estimate of drug-likeness (QED) is 0.897. The molecule has 1 aromatic heterocycles. The Hall–Kier alpha value is -1.99. The molecule has 4 nitrogen and oxygen atoms in total. The van der Waals surface area contributed by atoms with Crippen LogP contribution in [0.5, 0.6) is 5.75 Å². The molecule has 1 unspecified atom stereocenters. The summed E-state index contributed by atoms with van der Waals surface area (Å²) in [6.45, 7) is -0.776. The normalized spacial score (nSPS) is 17.5. The van der Waals surface area contributed by atoms with E-state index in [4.69, 9.17) is 5.73 Å². The van der Waals surface area contributed by atoms with Crippen LogP contribution in [0, 0.1) is 5.92 Å². The van der Waals surface area contributed by atoms with Crippen LogP contribution in [0.3, 0.4) is 0 Å². The fraction of sp³-hybridized carbons (Fsp3) is 0.353. The Labute approximate surface area is 142 Å². The molecule has 24 heavy (non-hydrogen) atoms. The van der Waals surface area contributed by atoms with Gasteiger partial charge in [0.05, 0.1) is 4.88 Å². The molecule has 128 valence electrons. The molecule has 0 radical (unpaired) electrons. The Kier molecular flexibility index (Phi) is 5.11. The van der Waals surface area contributed by atoms with Crippen LogP contribution >= 0.6 is 11.3 Å². The fourth-order valence-electron chi connectivity index (χ4n) is 2.77. The zero-order chi connectivity index (χ0) is 17.1. The summed E-state index contributed by atoms with van der Waals surface area (Å²) in [5, 5.41) is 0. The highest BCUT2D eigenvalue weighted by molar-refractivity contribution is 7.17. The van der Waals surface area contributed by atoms with Gasteiger partial charge in [-0.05, 0) is 60.8 Å². The number of hydrogen-bond donors (Lipinski definition) is 1. The molecular formula is C17H18F2N2O2S. The van der Waals surface area contributed by atoms with Gasteiger partial charge >= 0.3 is 6.61 Å². The van der Waals surface area contributed by atoms with Crippen molar-refractivity contribution in [2.75, 3.05) is 19.6 Å². The van der Waals surface area contributed by atoms with Gasteiger partial charge in [0.2, 0.25) is 0 Å². The highest BCUT2D eigenvalue weighted by Crippen LogP contribution is 2.31. The average Bonchev–Trinajstić information content (AvgIpc) is 3.24. The highest BCUT2D eigenvalue weighted by atomic mass is 32.1. The van der Waals surface area contributed by atoms with Crippen molar-refractivity contribution in [3.05, 3.63) is 41.3 Å². The Morgan fingerprint density at radius 1 is 1.29 bits per heavy atom. The number of carbonyl (C=O) groups is 1. The first-order valence-electron chi connectivity index (χ1n) is 7.71. The predicted molar refractivity (Wildman–Crippen MR) is 89.5 cm³/mol.